The van der Waals surface area contributed by atoms with Crippen LogP contribution in [0, 0.1) is 12.8 Å². The van der Waals surface area contributed by atoms with Crippen molar-refractivity contribution in [3.8, 4) is 0 Å². The fourth-order valence-electron chi connectivity index (χ4n) is 3.41. The number of aryl methyl sites for hydroxylation is 2. The third-order valence-corrected chi connectivity index (χ3v) is 9.43. The Labute approximate surface area is 171 Å². The number of carbonyl (C=O) groups excluding carboxylic acids is 1. The van der Waals surface area contributed by atoms with Crippen molar-refractivity contribution in [2.45, 2.75) is 24.0 Å². The molecule has 1 amide bonds. The van der Waals surface area contributed by atoms with Crippen LogP contribution in [0.15, 0.2) is 44.9 Å². The van der Waals surface area contributed by atoms with Gasteiger partial charge in [0.05, 0.1) is 10.2 Å². The molecule has 1 aliphatic heterocycles. The van der Waals surface area contributed by atoms with E-state index < -0.39 is 10.0 Å². The van der Waals surface area contributed by atoms with Crippen LogP contribution in [0.25, 0.3) is 10.2 Å². The molecule has 2 aromatic heterocycles. The quantitative estimate of drug-likeness (QED) is 0.635. The average Bonchev–Trinajstić information content (AvgIpc) is 3.31. The Bertz CT molecular complexity index is 1180. The average molecular weight is 436 g/mol. The molecule has 0 radical (unpaired) electrons. The molecular weight excluding hydrogens is 414 g/mol. The van der Waals surface area contributed by atoms with Gasteiger partial charge in [0, 0.05) is 26.1 Å². The summed E-state index contributed by atoms with van der Waals surface area (Å²) >= 11 is 2.72. The normalized spacial score (nSPS) is 17.4. The summed E-state index contributed by atoms with van der Waals surface area (Å²) in [5.41, 5.74) is 2.23. The maximum absolute atomic E-state index is 12.7. The number of rotatable bonds is 3. The molecule has 6 nitrogen and oxygen atoms in total. The molecule has 4 rings (SSSR count). The summed E-state index contributed by atoms with van der Waals surface area (Å²) in [6.07, 6.45) is 1.00. The largest absolute Gasteiger partial charge is 0.319 e. The van der Waals surface area contributed by atoms with Crippen molar-refractivity contribution in [2.75, 3.05) is 13.1 Å². The Balaban J connectivity index is 1.50. The van der Waals surface area contributed by atoms with E-state index in [1.54, 1.807) is 17.5 Å². The lowest BCUT2D eigenvalue weighted by atomic mass is 9.98. The minimum absolute atomic E-state index is 0.160. The Morgan fingerprint density at radius 1 is 1.21 bits per heavy atom. The van der Waals surface area contributed by atoms with Gasteiger partial charge in [0.15, 0.2) is 4.80 Å². The van der Waals surface area contributed by atoms with Crippen molar-refractivity contribution in [1.29, 1.82) is 0 Å². The van der Waals surface area contributed by atoms with Gasteiger partial charge < -0.3 is 4.57 Å². The predicted octanol–water partition coefficient (Wildman–Crippen LogP) is 3.14. The maximum atomic E-state index is 12.7. The van der Waals surface area contributed by atoms with Crippen LogP contribution in [0.2, 0.25) is 0 Å². The van der Waals surface area contributed by atoms with Crippen molar-refractivity contribution in [3.63, 3.8) is 0 Å². The minimum Gasteiger partial charge on any atom is -0.319 e. The maximum Gasteiger partial charge on any atom is 0.252 e. The zero-order chi connectivity index (χ0) is 19.9. The van der Waals surface area contributed by atoms with Crippen molar-refractivity contribution in [1.82, 2.24) is 8.87 Å². The topological polar surface area (TPSA) is 71.7 Å². The first-order valence-corrected chi connectivity index (χ1v) is 12.2. The van der Waals surface area contributed by atoms with Gasteiger partial charge in [-0.1, -0.05) is 23.5 Å². The van der Waals surface area contributed by atoms with E-state index in [4.69, 9.17) is 0 Å². The van der Waals surface area contributed by atoms with Crippen molar-refractivity contribution in [2.24, 2.45) is 18.0 Å². The zero-order valence-corrected chi connectivity index (χ0v) is 18.1. The SMILES string of the molecule is Cc1ccc2c(c1)sc(=NC(=O)C1CCN(S(=O)(=O)c3cccs3)CC1)n2C. The van der Waals surface area contributed by atoms with Gasteiger partial charge in [-0.15, -0.1) is 11.3 Å². The number of carbonyl (C=O) groups is 1. The van der Waals surface area contributed by atoms with E-state index in [1.807, 2.05) is 30.7 Å². The second-order valence-electron chi connectivity index (χ2n) is 6.98. The van der Waals surface area contributed by atoms with E-state index in [9.17, 15) is 13.2 Å². The van der Waals surface area contributed by atoms with Crippen LogP contribution < -0.4 is 4.80 Å². The van der Waals surface area contributed by atoms with Crippen LogP contribution in [0.3, 0.4) is 0 Å². The summed E-state index contributed by atoms with van der Waals surface area (Å²) in [7, 11) is -1.53. The standard InChI is InChI=1S/C19H21N3O3S3/c1-13-5-6-15-16(12-13)27-19(21(15)2)20-18(23)14-7-9-22(10-8-14)28(24,25)17-4-3-11-26-17/h3-6,11-12,14H,7-10H2,1-2H3. The van der Waals surface area contributed by atoms with Crippen LogP contribution in [0.1, 0.15) is 18.4 Å². The highest BCUT2D eigenvalue weighted by Gasteiger charge is 2.32. The first-order valence-electron chi connectivity index (χ1n) is 9.04. The molecule has 0 bridgehead atoms. The highest BCUT2D eigenvalue weighted by Crippen LogP contribution is 2.27. The van der Waals surface area contributed by atoms with Crippen molar-refractivity contribution >= 4 is 48.8 Å². The first-order chi connectivity index (χ1) is 13.4. The van der Waals surface area contributed by atoms with Crippen LogP contribution in [-0.2, 0) is 21.9 Å². The molecule has 9 heteroatoms. The lowest BCUT2D eigenvalue weighted by Crippen LogP contribution is -2.40. The molecule has 28 heavy (non-hydrogen) atoms. The predicted molar refractivity (Wildman–Crippen MR) is 112 cm³/mol. The van der Waals surface area contributed by atoms with Gasteiger partial charge in [0.2, 0.25) is 0 Å². The lowest BCUT2D eigenvalue weighted by Gasteiger charge is -2.29. The highest BCUT2D eigenvalue weighted by atomic mass is 32.2. The highest BCUT2D eigenvalue weighted by molar-refractivity contribution is 7.91. The fourth-order valence-corrected chi connectivity index (χ4v) is 7.15. The molecule has 1 aromatic carbocycles. The van der Waals surface area contributed by atoms with E-state index in [0.717, 1.165) is 10.2 Å². The zero-order valence-electron chi connectivity index (χ0n) is 15.7. The van der Waals surface area contributed by atoms with E-state index in [-0.39, 0.29) is 11.8 Å². The van der Waals surface area contributed by atoms with Gasteiger partial charge in [0.1, 0.15) is 4.21 Å². The summed E-state index contributed by atoms with van der Waals surface area (Å²) in [4.78, 5) is 17.8. The van der Waals surface area contributed by atoms with Gasteiger partial charge in [-0.25, -0.2) is 8.42 Å². The number of sulfonamides is 1. The fraction of sp³-hybridized carbons (Fsp3) is 0.368. The van der Waals surface area contributed by atoms with Crippen LogP contribution >= 0.6 is 22.7 Å². The summed E-state index contributed by atoms with van der Waals surface area (Å²) < 4.78 is 30.1. The molecule has 0 atom stereocenters. The Hall–Kier alpha value is -1.81. The molecular formula is C19H21N3O3S3. The van der Waals surface area contributed by atoms with Gasteiger partial charge >= 0.3 is 0 Å². The Morgan fingerprint density at radius 3 is 2.64 bits per heavy atom. The van der Waals surface area contributed by atoms with Gasteiger partial charge in [-0.2, -0.15) is 9.30 Å². The summed E-state index contributed by atoms with van der Waals surface area (Å²) in [5, 5.41) is 1.76. The molecule has 1 fully saturated rings. The number of fused-ring (bicyclic) bond motifs is 1. The van der Waals surface area contributed by atoms with Gasteiger partial charge in [0.25, 0.3) is 15.9 Å². The number of nitrogens with zero attached hydrogens (tertiary/aromatic N) is 3. The first kappa shape index (κ1) is 19.5. The smallest absolute Gasteiger partial charge is 0.252 e. The number of hydrogen-bond acceptors (Lipinski definition) is 5. The second-order valence-corrected chi connectivity index (χ2v) is 11.1. The Morgan fingerprint density at radius 2 is 1.96 bits per heavy atom. The van der Waals surface area contributed by atoms with E-state index in [0.29, 0.717) is 34.9 Å². The molecule has 148 valence electrons. The summed E-state index contributed by atoms with van der Waals surface area (Å²) in [6.45, 7) is 2.74. The van der Waals surface area contributed by atoms with E-state index in [2.05, 4.69) is 11.1 Å². The number of benzene rings is 1. The minimum atomic E-state index is -3.45. The molecule has 1 aliphatic rings. The molecule has 0 unspecified atom stereocenters. The van der Waals surface area contributed by atoms with Gasteiger partial charge in [-0.05, 0) is 48.9 Å². The van der Waals surface area contributed by atoms with E-state index in [1.165, 1.54) is 32.5 Å². The second kappa shape index (κ2) is 7.55. The number of thiophene rings is 1. The van der Waals surface area contributed by atoms with Crippen LogP contribution in [-0.4, -0.2) is 36.3 Å². The number of hydrogen-bond donors (Lipinski definition) is 0. The van der Waals surface area contributed by atoms with Crippen molar-refractivity contribution < 1.29 is 13.2 Å². The van der Waals surface area contributed by atoms with Crippen LogP contribution in [0.5, 0.6) is 0 Å². The lowest BCUT2D eigenvalue weighted by molar-refractivity contribution is -0.122. The number of aromatic nitrogens is 1. The third kappa shape index (κ3) is 3.59. The third-order valence-electron chi connectivity index (χ3n) is 5.06. The van der Waals surface area contributed by atoms with Gasteiger partial charge in [-0.3, -0.25) is 4.79 Å². The summed E-state index contributed by atoms with van der Waals surface area (Å²) in [5.74, 6) is -0.395. The molecule has 0 spiro atoms. The molecule has 0 N–H and O–H groups in total. The Kier molecular flexibility index (Phi) is 5.26. The molecule has 0 saturated carbocycles. The van der Waals surface area contributed by atoms with Crippen molar-refractivity contribution in [3.05, 3.63) is 46.1 Å². The summed E-state index contributed by atoms with van der Waals surface area (Å²) in [6, 6.07) is 9.54. The molecule has 3 heterocycles. The molecule has 1 saturated heterocycles. The number of piperidine rings is 1. The number of thiazole rings is 1. The van der Waals surface area contributed by atoms with E-state index >= 15 is 0 Å². The molecule has 0 aliphatic carbocycles. The monoisotopic (exact) mass is 435 g/mol. The molecule has 3 aromatic rings. The number of amides is 1. The van der Waals surface area contributed by atoms with Crippen LogP contribution in [0.4, 0.5) is 0 Å².